The van der Waals surface area contributed by atoms with Crippen molar-refractivity contribution < 1.29 is 19.2 Å². The molecule has 3 aliphatic rings. The number of nitrogens with one attached hydrogen (secondary N) is 3. The zero-order valence-electron chi connectivity index (χ0n) is 14.9. The van der Waals surface area contributed by atoms with Gasteiger partial charge < -0.3 is 15.5 Å². The maximum atomic E-state index is 12.8. The largest absolute Gasteiger partial charge is 0.338 e. The number of hydrogen-bond acceptors (Lipinski definition) is 4. The predicted octanol–water partition coefficient (Wildman–Crippen LogP) is 0.657. The molecular weight excluding hydrogens is 348 g/mol. The van der Waals surface area contributed by atoms with Crippen LogP contribution in [0.5, 0.6) is 0 Å². The van der Waals surface area contributed by atoms with Crippen molar-refractivity contribution in [3.05, 3.63) is 34.9 Å². The standard InChI is InChI=1S/C19H22N4O4/c24-16-6-5-15(17(25)22-16)23-10-13-4-3-12(7-14(13)18(23)26)9-21-19(27)20-8-11-1-2-11/h3-4,7,11,15H,1-2,5-6,8-10H2,(H2,20,21,27)(H,22,24,25). The Balaban J connectivity index is 1.38. The van der Waals surface area contributed by atoms with E-state index >= 15 is 0 Å². The molecule has 0 spiro atoms. The summed E-state index contributed by atoms with van der Waals surface area (Å²) in [7, 11) is 0. The van der Waals surface area contributed by atoms with Gasteiger partial charge in [0.25, 0.3) is 5.91 Å². The number of nitrogens with zero attached hydrogens (tertiary/aromatic N) is 1. The summed E-state index contributed by atoms with van der Waals surface area (Å²) < 4.78 is 0. The second-order valence-corrected chi connectivity index (χ2v) is 7.40. The van der Waals surface area contributed by atoms with Gasteiger partial charge in [0.05, 0.1) is 0 Å². The van der Waals surface area contributed by atoms with Crippen LogP contribution in [0.4, 0.5) is 4.79 Å². The average molecular weight is 370 g/mol. The second-order valence-electron chi connectivity index (χ2n) is 7.40. The zero-order valence-corrected chi connectivity index (χ0v) is 14.9. The molecule has 1 atom stereocenters. The Bertz CT molecular complexity index is 818. The zero-order chi connectivity index (χ0) is 19.0. The van der Waals surface area contributed by atoms with E-state index in [4.69, 9.17) is 0 Å². The number of benzene rings is 1. The molecule has 1 saturated heterocycles. The van der Waals surface area contributed by atoms with E-state index in [-0.39, 0.29) is 24.3 Å². The van der Waals surface area contributed by atoms with Gasteiger partial charge in [0.1, 0.15) is 6.04 Å². The third kappa shape index (κ3) is 3.79. The highest BCUT2D eigenvalue weighted by atomic mass is 16.2. The molecule has 5 amide bonds. The first-order chi connectivity index (χ1) is 13.0. The van der Waals surface area contributed by atoms with Crippen molar-refractivity contribution in [2.24, 2.45) is 5.92 Å². The Morgan fingerprint density at radius 2 is 1.96 bits per heavy atom. The lowest BCUT2D eigenvalue weighted by molar-refractivity contribution is -0.136. The molecule has 2 fully saturated rings. The maximum absolute atomic E-state index is 12.8. The van der Waals surface area contributed by atoms with Crippen LogP contribution in [0.15, 0.2) is 18.2 Å². The lowest BCUT2D eigenvalue weighted by Crippen LogP contribution is -2.52. The fourth-order valence-corrected chi connectivity index (χ4v) is 3.52. The highest BCUT2D eigenvalue weighted by molar-refractivity contribution is 6.05. The lowest BCUT2D eigenvalue weighted by atomic mass is 10.0. The average Bonchev–Trinajstić information content (AvgIpc) is 3.42. The Morgan fingerprint density at radius 3 is 2.70 bits per heavy atom. The monoisotopic (exact) mass is 370 g/mol. The number of fused-ring (bicyclic) bond motifs is 1. The summed E-state index contributed by atoms with van der Waals surface area (Å²) in [5, 5.41) is 7.93. The van der Waals surface area contributed by atoms with E-state index < -0.39 is 11.9 Å². The topological polar surface area (TPSA) is 108 Å². The fraction of sp³-hybridized carbons (Fsp3) is 0.474. The molecule has 2 heterocycles. The third-order valence-corrected chi connectivity index (χ3v) is 5.29. The number of piperidine rings is 1. The van der Waals surface area contributed by atoms with Gasteiger partial charge in [-0.3, -0.25) is 19.7 Å². The third-order valence-electron chi connectivity index (χ3n) is 5.29. The van der Waals surface area contributed by atoms with Crippen LogP contribution in [0, 0.1) is 5.92 Å². The van der Waals surface area contributed by atoms with Crippen LogP contribution in [0.1, 0.15) is 47.2 Å². The maximum Gasteiger partial charge on any atom is 0.315 e. The smallest absolute Gasteiger partial charge is 0.315 e. The van der Waals surface area contributed by atoms with Crippen LogP contribution >= 0.6 is 0 Å². The number of carbonyl (C=O) groups is 4. The SMILES string of the molecule is O=C1CCC(N2Cc3ccc(CNC(=O)NCC4CC4)cc3C2=O)C(=O)N1. The molecular formula is C19H22N4O4. The second kappa shape index (κ2) is 7.02. The van der Waals surface area contributed by atoms with E-state index in [1.54, 1.807) is 6.07 Å². The van der Waals surface area contributed by atoms with Gasteiger partial charge in [0.2, 0.25) is 11.8 Å². The molecule has 2 aliphatic heterocycles. The summed E-state index contributed by atoms with van der Waals surface area (Å²) in [5.74, 6) is -0.304. The Morgan fingerprint density at radius 1 is 1.15 bits per heavy atom. The van der Waals surface area contributed by atoms with Crippen LogP contribution in [0.25, 0.3) is 0 Å². The van der Waals surface area contributed by atoms with Crippen molar-refractivity contribution in [3.8, 4) is 0 Å². The van der Waals surface area contributed by atoms with Crippen molar-refractivity contribution in [1.82, 2.24) is 20.9 Å². The summed E-state index contributed by atoms with van der Waals surface area (Å²) in [6.07, 6.45) is 2.94. The first-order valence-electron chi connectivity index (χ1n) is 9.29. The quantitative estimate of drug-likeness (QED) is 0.662. The number of amides is 5. The molecule has 1 unspecified atom stereocenters. The molecule has 0 radical (unpaired) electrons. The highest BCUT2D eigenvalue weighted by Gasteiger charge is 2.39. The summed E-state index contributed by atoms with van der Waals surface area (Å²) in [6.45, 7) is 1.39. The lowest BCUT2D eigenvalue weighted by Gasteiger charge is -2.29. The summed E-state index contributed by atoms with van der Waals surface area (Å²) in [6, 6.07) is 4.68. The number of carbonyl (C=O) groups excluding carboxylic acids is 4. The van der Waals surface area contributed by atoms with Crippen molar-refractivity contribution in [2.45, 2.75) is 44.8 Å². The Kier molecular flexibility index (Phi) is 4.55. The number of urea groups is 1. The Hall–Kier alpha value is -2.90. The van der Waals surface area contributed by atoms with Crippen molar-refractivity contribution >= 4 is 23.8 Å². The van der Waals surface area contributed by atoms with Gasteiger partial charge in [-0.15, -0.1) is 0 Å². The van der Waals surface area contributed by atoms with Crippen molar-refractivity contribution in [2.75, 3.05) is 6.54 Å². The first kappa shape index (κ1) is 17.5. The van der Waals surface area contributed by atoms with E-state index in [2.05, 4.69) is 16.0 Å². The van der Waals surface area contributed by atoms with E-state index in [1.807, 2.05) is 12.1 Å². The minimum atomic E-state index is -0.614. The molecule has 0 aromatic heterocycles. The van der Waals surface area contributed by atoms with Gasteiger partial charge in [-0.2, -0.15) is 0 Å². The van der Waals surface area contributed by atoms with Crippen molar-refractivity contribution in [1.29, 1.82) is 0 Å². The van der Waals surface area contributed by atoms with Gasteiger partial charge >= 0.3 is 6.03 Å². The normalized spacial score (nSPS) is 21.7. The van der Waals surface area contributed by atoms with Crippen LogP contribution in [-0.4, -0.2) is 41.2 Å². The summed E-state index contributed by atoms with van der Waals surface area (Å²) in [5.41, 5.74) is 2.23. The summed E-state index contributed by atoms with van der Waals surface area (Å²) >= 11 is 0. The van der Waals surface area contributed by atoms with Gasteiger partial charge in [-0.1, -0.05) is 12.1 Å². The molecule has 8 heteroatoms. The van der Waals surface area contributed by atoms with Crippen LogP contribution in [-0.2, 0) is 22.7 Å². The predicted molar refractivity (Wildman–Crippen MR) is 95.4 cm³/mol. The molecule has 1 aromatic carbocycles. The van der Waals surface area contributed by atoms with Crippen LogP contribution < -0.4 is 16.0 Å². The molecule has 1 saturated carbocycles. The molecule has 1 aromatic rings. The molecule has 27 heavy (non-hydrogen) atoms. The Labute approximate surface area is 156 Å². The first-order valence-corrected chi connectivity index (χ1v) is 9.29. The van der Waals surface area contributed by atoms with Crippen LogP contribution in [0.3, 0.4) is 0 Å². The molecule has 3 N–H and O–H groups in total. The highest BCUT2D eigenvalue weighted by Crippen LogP contribution is 2.28. The summed E-state index contributed by atoms with van der Waals surface area (Å²) in [4.78, 5) is 49.5. The molecule has 4 rings (SSSR count). The van der Waals surface area contributed by atoms with Crippen LogP contribution in [0.2, 0.25) is 0 Å². The fourth-order valence-electron chi connectivity index (χ4n) is 3.52. The van der Waals surface area contributed by atoms with Gasteiger partial charge in [0, 0.05) is 31.6 Å². The van der Waals surface area contributed by atoms with Crippen molar-refractivity contribution in [3.63, 3.8) is 0 Å². The van der Waals surface area contributed by atoms with Gasteiger partial charge in [-0.05, 0) is 42.4 Å². The molecule has 1 aliphatic carbocycles. The number of hydrogen-bond donors (Lipinski definition) is 3. The number of imide groups is 1. The van der Waals surface area contributed by atoms with E-state index in [0.29, 0.717) is 37.5 Å². The van der Waals surface area contributed by atoms with Gasteiger partial charge in [0.15, 0.2) is 0 Å². The number of rotatable bonds is 5. The van der Waals surface area contributed by atoms with E-state index in [9.17, 15) is 19.2 Å². The molecule has 8 nitrogen and oxygen atoms in total. The molecule has 142 valence electrons. The minimum Gasteiger partial charge on any atom is -0.338 e. The van der Waals surface area contributed by atoms with E-state index in [1.165, 1.54) is 17.7 Å². The van der Waals surface area contributed by atoms with Gasteiger partial charge in [-0.25, -0.2) is 4.79 Å². The molecule has 0 bridgehead atoms. The minimum absolute atomic E-state index is 0.209. The van der Waals surface area contributed by atoms with E-state index in [0.717, 1.165) is 11.1 Å².